The second kappa shape index (κ2) is 4.78. The van der Waals surface area contributed by atoms with Gasteiger partial charge in [-0.15, -0.1) is 21.8 Å². The first-order chi connectivity index (χ1) is 7.20. The summed E-state index contributed by atoms with van der Waals surface area (Å²) >= 11 is 16.5. The topological polar surface area (TPSA) is 25.8 Å². The third-order valence-corrected chi connectivity index (χ3v) is 4.03. The summed E-state index contributed by atoms with van der Waals surface area (Å²) in [4.78, 5) is 0. The van der Waals surface area contributed by atoms with Crippen LogP contribution in [0.25, 0.3) is 10.6 Å². The highest BCUT2D eigenvalue weighted by molar-refractivity contribution is 9.10. The highest BCUT2D eigenvalue weighted by Crippen LogP contribution is 2.32. The highest BCUT2D eigenvalue weighted by Gasteiger charge is 2.09. The zero-order valence-electron chi connectivity index (χ0n) is 7.38. The van der Waals surface area contributed by atoms with Crippen molar-refractivity contribution in [2.45, 2.75) is 5.88 Å². The zero-order valence-corrected chi connectivity index (χ0v) is 11.3. The maximum atomic E-state index is 5.92. The molecule has 0 spiro atoms. The Morgan fingerprint density at radius 1 is 1.33 bits per heavy atom. The number of alkyl halides is 1. The maximum Gasteiger partial charge on any atom is 0.149 e. The van der Waals surface area contributed by atoms with Crippen molar-refractivity contribution in [1.82, 2.24) is 10.2 Å². The zero-order chi connectivity index (χ0) is 10.8. The molecule has 78 valence electrons. The average molecular weight is 324 g/mol. The molecule has 0 aliphatic rings. The SMILES string of the molecule is ClCc1nnc(-c2cc(Cl)ccc2Br)s1. The number of hydrogen-bond donors (Lipinski definition) is 0. The van der Waals surface area contributed by atoms with Crippen molar-refractivity contribution in [1.29, 1.82) is 0 Å². The monoisotopic (exact) mass is 322 g/mol. The summed E-state index contributed by atoms with van der Waals surface area (Å²) in [6.45, 7) is 0. The molecule has 2 aromatic rings. The lowest BCUT2D eigenvalue weighted by Gasteiger charge is -1.99. The van der Waals surface area contributed by atoms with Crippen LogP contribution in [-0.2, 0) is 5.88 Å². The van der Waals surface area contributed by atoms with E-state index in [0.717, 1.165) is 20.1 Å². The molecule has 0 aliphatic heterocycles. The minimum absolute atomic E-state index is 0.385. The number of aromatic nitrogens is 2. The van der Waals surface area contributed by atoms with Crippen LogP contribution in [0.1, 0.15) is 5.01 Å². The lowest BCUT2D eigenvalue weighted by Crippen LogP contribution is -1.79. The lowest BCUT2D eigenvalue weighted by atomic mass is 10.2. The summed E-state index contributed by atoms with van der Waals surface area (Å²) in [5.74, 6) is 0.385. The quantitative estimate of drug-likeness (QED) is 0.767. The molecule has 0 aliphatic carbocycles. The molecule has 6 heteroatoms. The summed E-state index contributed by atoms with van der Waals surface area (Å²) in [7, 11) is 0. The van der Waals surface area contributed by atoms with Gasteiger partial charge in [-0.2, -0.15) is 0 Å². The van der Waals surface area contributed by atoms with Crippen molar-refractivity contribution in [3.63, 3.8) is 0 Å². The lowest BCUT2D eigenvalue weighted by molar-refractivity contribution is 1.04. The van der Waals surface area contributed by atoms with Crippen LogP contribution >= 0.6 is 50.5 Å². The van der Waals surface area contributed by atoms with Crippen LogP contribution in [0.5, 0.6) is 0 Å². The number of benzene rings is 1. The van der Waals surface area contributed by atoms with E-state index >= 15 is 0 Å². The Bertz CT molecular complexity index is 487. The first kappa shape index (κ1) is 11.3. The van der Waals surface area contributed by atoms with E-state index in [-0.39, 0.29) is 0 Å². The Morgan fingerprint density at radius 2 is 2.13 bits per heavy atom. The Hall–Kier alpha value is -0.160. The van der Waals surface area contributed by atoms with Crippen molar-refractivity contribution < 1.29 is 0 Å². The van der Waals surface area contributed by atoms with Gasteiger partial charge in [0.05, 0.1) is 5.88 Å². The minimum atomic E-state index is 0.385. The van der Waals surface area contributed by atoms with Gasteiger partial charge in [0.25, 0.3) is 0 Å². The molecule has 0 unspecified atom stereocenters. The molecule has 0 fully saturated rings. The van der Waals surface area contributed by atoms with E-state index in [1.54, 1.807) is 0 Å². The Morgan fingerprint density at radius 3 is 2.80 bits per heavy atom. The van der Waals surface area contributed by atoms with Gasteiger partial charge in [-0.05, 0) is 18.2 Å². The van der Waals surface area contributed by atoms with Crippen LogP contribution in [0.3, 0.4) is 0 Å². The normalized spacial score (nSPS) is 10.6. The molecule has 0 N–H and O–H groups in total. The Balaban J connectivity index is 2.48. The smallest absolute Gasteiger partial charge is 0.142 e. The fourth-order valence-electron chi connectivity index (χ4n) is 1.08. The van der Waals surface area contributed by atoms with Gasteiger partial charge >= 0.3 is 0 Å². The third-order valence-electron chi connectivity index (χ3n) is 1.74. The summed E-state index contributed by atoms with van der Waals surface area (Å²) in [6.07, 6.45) is 0. The molecule has 0 saturated heterocycles. The van der Waals surface area contributed by atoms with Gasteiger partial charge in [0.2, 0.25) is 0 Å². The molecular formula is C9H5BrCl2N2S. The van der Waals surface area contributed by atoms with Gasteiger partial charge in [0.15, 0.2) is 0 Å². The summed E-state index contributed by atoms with van der Waals surface area (Å²) < 4.78 is 0.948. The van der Waals surface area contributed by atoms with Crippen molar-refractivity contribution in [2.24, 2.45) is 0 Å². The van der Waals surface area contributed by atoms with Crippen molar-refractivity contribution >= 4 is 50.5 Å². The van der Waals surface area contributed by atoms with E-state index in [4.69, 9.17) is 23.2 Å². The highest BCUT2D eigenvalue weighted by atomic mass is 79.9. The van der Waals surface area contributed by atoms with E-state index in [1.807, 2.05) is 18.2 Å². The minimum Gasteiger partial charge on any atom is -0.142 e. The number of nitrogens with zero attached hydrogens (tertiary/aromatic N) is 2. The van der Waals surface area contributed by atoms with Crippen LogP contribution in [0.4, 0.5) is 0 Å². The predicted octanol–water partition coefficient (Wildman–Crippen LogP) is 4.36. The van der Waals surface area contributed by atoms with Crippen LogP contribution in [0.15, 0.2) is 22.7 Å². The standard InChI is InChI=1S/C9H5BrCl2N2S/c10-7-2-1-5(12)3-6(7)9-14-13-8(4-11)15-9/h1-3H,4H2. The molecule has 1 aromatic heterocycles. The Labute approximate surface area is 109 Å². The third kappa shape index (κ3) is 2.50. The molecule has 15 heavy (non-hydrogen) atoms. The molecule has 1 heterocycles. The van der Waals surface area contributed by atoms with Crippen LogP contribution in [-0.4, -0.2) is 10.2 Å². The van der Waals surface area contributed by atoms with Crippen LogP contribution in [0.2, 0.25) is 5.02 Å². The van der Waals surface area contributed by atoms with Crippen molar-refractivity contribution in [3.8, 4) is 10.6 Å². The second-order valence-electron chi connectivity index (χ2n) is 2.76. The molecule has 0 saturated carbocycles. The summed E-state index contributed by atoms with van der Waals surface area (Å²) in [6, 6.07) is 5.56. The molecule has 2 rings (SSSR count). The van der Waals surface area contributed by atoms with E-state index in [0.29, 0.717) is 10.9 Å². The van der Waals surface area contributed by atoms with Gasteiger partial charge in [-0.1, -0.05) is 38.9 Å². The van der Waals surface area contributed by atoms with E-state index in [2.05, 4.69) is 26.1 Å². The van der Waals surface area contributed by atoms with Crippen molar-refractivity contribution in [3.05, 3.63) is 32.7 Å². The van der Waals surface area contributed by atoms with Crippen molar-refractivity contribution in [2.75, 3.05) is 0 Å². The van der Waals surface area contributed by atoms with E-state index < -0.39 is 0 Å². The molecule has 2 nitrogen and oxygen atoms in total. The largest absolute Gasteiger partial charge is 0.149 e. The molecule has 0 atom stereocenters. The van der Waals surface area contributed by atoms with E-state index in [9.17, 15) is 0 Å². The van der Waals surface area contributed by atoms with Gasteiger partial charge in [0.1, 0.15) is 10.0 Å². The number of hydrogen-bond acceptors (Lipinski definition) is 3. The maximum absolute atomic E-state index is 5.92. The predicted molar refractivity (Wildman–Crippen MR) is 67.6 cm³/mol. The first-order valence-electron chi connectivity index (χ1n) is 4.04. The van der Waals surface area contributed by atoms with Gasteiger partial charge in [-0.3, -0.25) is 0 Å². The number of halogens is 3. The second-order valence-corrected chi connectivity index (χ2v) is 5.38. The Kier molecular flexibility index (Phi) is 3.61. The van der Waals surface area contributed by atoms with Crippen LogP contribution < -0.4 is 0 Å². The van der Waals surface area contributed by atoms with Crippen LogP contribution in [0, 0.1) is 0 Å². The molecule has 0 radical (unpaired) electrons. The fourth-order valence-corrected chi connectivity index (χ4v) is 2.75. The van der Waals surface area contributed by atoms with Gasteiger partial charge < -0.3 is 0 Å². The fraction of sp³-hybridized carbons (Fsp3) is 0.111. The van der Waals surface area contributed by atoms with E-state index in [1.165, 1.54) is 11.3 Å². The number of rotatable bonds is 2. The molecule has 0 bridgehead atoms. The average Bonchev–Trinajstić information content (AvgIpc) is 2.70. The summed E-state index contributed by atoms with van der Waals surface area (Å²) in [5, 5.41) is 10.3. The first-order valence-corrected chi connectivity index (χ1v) is 6.56. The molecule has 0 amide bonds. The summed E-state index contributed by atoms with van der Waals surface area (Å²) in [5.41, 5.74) is 0.941. The molecule has 1 aromatic carbocycles. The van der Waals surface area contributed by atoms with Gasteiger partial charge in [-0.25, -0.2) is 0 Å². The van der Waals surface area contributed by atoms with Gasteiger partial charge in [0, 0.05) is 15.1 Å². The molecular weight excluding hydrogens is 319 g/mol.